The number of imide groups is 1. The quantitative estimate of drug-likeness (QED) is 0.579. The van der Waals surface area contributed by atoms with Gasteiger partial charge < -0.3 is 10.5 Å². The van der Waals surface area contributed by atoms with Gasteiger partial charge in [-0.1, -0.05) is 5.21 Å². The Labute approximate surface area is 119 Å². The van der Waals surface area contributed by atoms with Crippen LogP contribution >= 0.6 is 11.6 Å². The molecule has 3 N–H and O–H groups in total. The van der Waals surface area contributed by atoms with Gasteiger partial charge in [-0.3, -0.25) is 10.1 Å². The molecule has 0 aliphatic rings. The number of amides is 3. The summed E-state index contributed by atoms with van der Waals surface area (Å²) in [5, 5.41) is 9.24. The smallest absolute Gasteiger partial charge is 0.360 e. The molecule has 0 aromatic carbocycles. The number of nitrogens with zero attached hydrogens (tertiary/aromatic N) is 3. The maximum atomic E-state index is 11.7. The highest BCUT2D eigenvalue weighted by Gasteiger charge is 2.26. The van der Waals surface area contributed by atoms with Crippen LogP contribution in [-0.2, 0) is 15.4 Å². The van der Waals surface area contributed by atoms with Gasteiger partial charge in [0.05, 0.1) is 18.2 Å². The van der Waals surface area contributed by atoms with E-state index in [9.17, 15) is 14.4 Å². The molecule has 1 unspecified atom stereocenters. The Morgan fingerprint density at radius 1 is 1.50 bits per heavy atom. The van der Waals surface area contributed by atoms with Gasteiger partial charge in [0.1, 0.15) is 6.04 Å². The minimum atomic E-state index is -0.986. The summed E-state index contributed by atoms with van der Waals surface area (Å²) in [4.78, 5) is 33.9. The van der Waals surface area contributed by atoms with Crippen LogP contribution in [0.4, 0.5) is 4.79 Å². The fourth-order valence-corrected chi connectivity index (χ4v) is 1.69. The lowest BCUT2D eigenvalue weighted by molar-refractivity contribution is -0.123. The summed E-state index contributed by atoms with van der Waals surface area (Å²) < 4.78 is 5.94. The number of alkyl halides is 1. The summed E-state index contributed by atoms with van der Waals surface area (Å²) in [6.45, 7) is 3.27. The van der Waals surface area contributed by atoms with E-state index >= 15 is 0 Å². The molecule has 1 rings (SSSR count). The van der Waals surface area contributed by atoms with E-state index in [2.05, 4.69) is 10.3 Å². The molecule has 1 heterocycles. The topological polar surface area (TPSA) is 129 Å². The molecule has 0 aliphatic heterocycles. The number of ether oxygens (including phenoxy) is 1. The molecule has 1 aromatic heterocycles. The third-order valence-electron chi connectivity index (χ3n) is 2.38. The second-order valence-corrected chi connectivity index (χ2v) is 3.98. The molecule has 0 bridgehead atoms. The Morgan fingerprint density at radius 3 is 2.65 bits per heavy atom. The molecule has 1 aromatic rings. The first-order chi connectivity index (χ1) is 9.42. The Hall–Kier alpha value is -2.16. The number of urea groups is 1. The second-order valence-electron chi connectivity index (χ2n) is 3.71. The van der Waals surface area contributed by atoms with Crippen LogP contribution < -0.4 is 11.1 Å². The Kier molecular flexibility index (Phi) is 5.44. The SMILES string of the molecule is CCOC(=O)c1nnn(C(C)C(=O)NC(N)=O)c1CCl. The van der Waals surface area contributed by atoms with Crippen molar-refractivity contribution in [2.45, 2.75) is 25.8 Å². The number of nitrogens with one attached hydrogen (secondary N) is 1. The molecule has 0 aliphatic carbocycles. The molecule has 110 valence electrons. The zero-order valence-electron chi connectivity index (χ0n) is 10.9. The van der Waals surface area contributed by atoms with E-state index in [0.29, 0.717) is 0 Å². The van der Waals surface area contributed by atoms with E-state index in [4.69, 9.17) is 22.1 Å². The zero-order chi connectivity index (χ0) is 15.3. The molecular weight excluding hydrogens is 290 g/mol. The second kappa shape index (κ2) is 6.85. The first kappa shape index (κ1) is 15.9. The largest absolute Gasteiger partial charge is 0.461 e. The van der Waals surface area contributed by atoms with Crippen LogP contribution in [0.5, 0.6) is 0 Å². The predicted molar refractivity (Wildman–Crippen MR) is 68.0 cm³/mol. The van der Waals surface area contributed by atoms with Crippen molar-refractivity contribution in [3.8, 4) is 0 Å². The normalized spacial score (nSPS) is 11.8. The van der Waals surface area contributed by atoms with E-state index in [-0.39, 0.29) is 23.9 Å². The van der Waals surface area contributed by atoms with Crippen molar-refractivity contribution in [2.24, 2.45) is 5.73 Å². The van der Waals surface area contributed by atoms with Crippen molar-refractivity contribution in [3.63, 3.8) is 0 Å². The maximum absolute atomic E-state index is 11.7. The molecule has 0 saturated carbocycles. The van der Waals surface area contributed by atoms with Crippen molar-refractivity contribution in [1.82, 2.24) is 20.3 Å². The summed E-state index contributed by atoms with van der Waals surface area (Å²) in [7, 11) is 0. The summed E-state index contributed by atoms with van der Waals surface area (Å²) >= 11 is 5.75. The van der Waals surface area contributed by atoms with E-state index in [1.54, 1.807) is 6.92 Å². The number of aromatic nitrogens is 3. The molecule has 0 fully saturated rings. The van der Waals surface area contributed by atoms with Crippen LogP contribution in [0.15, 0.2) is 0 Å². The third kappa shape index (κ3) is 3.44. The van der Waals surface area contributed by atoms with Crippen molar-refractivity contribution in [3.05, 3.63) is 11.4 Å². The number of hydrogen-bond donors (Lipinski definition) is 2. The van der Waals surface area contributed by atoms with Crippen molar-refractivity contribution >= 4 is 29.5 Å². The summed E-state index contributed by atoms with van der Waals surface area (Å²) in [5.74, 6) is -1.48. The number of rotatable bonds is 5. The first-order valence-corrected chi connectivity index (χ1v) is 6.23. The summed E-state index contributed by atoms with van der Waals surface area (Å²) in [6, 6.07) is -1.90. The highest BCUT2D eigenvalue weighted by molar-refractivity contribution is 6.17. The number of hydrogen-bond acceptors (Lipinski definition) is 6. The minimum absolute atomic E-state index is 0.0689. The molecule has 3 amide bonds. The highest BCUT2D eigenvalue weighted by atomic mass is 35.5. The average molecular weight is 304 g/mol. The maximum Gasteiger partial charge on any atom is 0.360 e. The fraction of sp³-hybridized carbons (Fsp3) is 0.500. The van der Waals surface area contributed by atoms with Crippen molar-refractivity contribution in [1.29, 1.82) is 0 Å². The van der Waals surface area contributed by atoms with Gasteiger partial charge in [-0.15, -0.1) is 16.7 Å². The van der Waals surface area contributed by atoms with E-state index in [1.807, 2.05) is 5.32 Å². The van der Waals surface area contributed by atoms with E-state index < -0.39 is 23.9 Å². The van der Waals surface area contributed by atoms with Crippen LogP contribution in [0.25, 0.3) is 0 Å². The lowest BCUT2D eigenvalue weighted by Crippen LogP contribution is -2.39. The number of carbonyl (C=O) groups excluding carboxylic acids is 3. The van der Waals surface area contributed by atoms with Gasteiger partial charge in [0.15, 0.2) is 5.69 Å². The summed E-state index contributed by atoms with van der Waals surface area (Å²) in [5.41, 5.74) is 5.01. The van der Waals surface area contributed by atoms with Gasteiger partial charge in [-0.2, -0.15) is 0 Å². The van der Waals surface area contributed by atoms with Crippen LogP contribution in [-0.4, -0.2) is 39.5 Å². The standard InChI is InChI=1S/C10H14ClN5O4/c1-3-20-9(18)7-6(4-11)16(15-14-7)5(2)8(17)13-10(12)19/h5H,3-4H2,1-2H3,(H3,12,13,17,19). The Morgan fingerprint density at radius 2 is 2.15 bits per heavy atom. The lowest BCUT2D eigenvalue weighted by atomic mass is 10.2. The number of halogens is 1. The Balaban J connectivity index is 3.04. The van der Waals surface area contributed by atoms with Crippen molar-refractivity contribution in [2.75, 3.05) is 6.61 Å². The van der Waals surface area contributed by atoms with Crippen LogP contribution in [0, 0.1) is 0 Å². The van der Waals surface area contributed by atoms with Gasteiger partial charge in [0, 0.05) is 0 Å². The molecule has 9 nitrogen and oxygen atoms in total. The van der Waals surface area contributed by atoms with Crippen LogP contribution in [0.2, 0.25) is 0 Å². The molecule has 1 atom stereocenters. The van der Waals surface area contributed by atoms with Gasteiger partial charge in [0.2, 0.25) is 0 Å². The third-order valence-corrected chi connectivity index (χ3v) is 2.63. The minimum Gasteiger partial charge on any atom is -0.461 e. The van der Waals surface area contributed by atoms with Crippen molar-refractivity contribution < 1.29 is 19.1 Å². The van der Waals surface area contributed by atoms with Crippen LogP contribution in [0.3, 0.4) is 0 Å². The number of esters is 1. The molecule has 0 radical (unpaired) electrons. The van der Waals surface area contributed by atoms with Gasteiger partial charge in [-0.25, -0.2) is 14.3 Å². The van der Waals surface area contributed by atoms with Gasteiger partial charge in [0.25, 0.3) is 5.91 Å². The number of nitrogens with two attached hydrogens (primary N) is 1. The summed E-state index contributed by atoms with van der Waals surface area (Å²) in [6.07, 6.45) is 0. The molecule has 20 heavy (non-hydrogen) atoms. The van der Waals surface area contributed by atoms with E-state index in [0.717, 1.165) is 4.68 Å². The average Bonchev–Trinajstić information content (AvgIpc) is 2.80. The number of primary amides is 1. The zero-order valence-corrected chi connectivity index (χ0v) is 11.7. The Bertz CT molecular complexity index is 530. The monoisotopic (exact) mass is 303 g/mol. The predicted octanol–water partition coefficient (Wildman–Crippen LogP) is -0.0505. The number of carbonyl (C=O) groups is 3. The van der Waals surface area contributed by atoms with Crippen LogP contribution in [0.1, 0.15) is 36.1 Å². The first-order valence-electron chi connectivity index (χ1n) is 5.69. The molecular formula is C10H14ClN5O4. The molecule has 0 saturated heterocycles. The molecule has 10 heteroatoms. The fourth-order valence-electron chi connectivity index (χ4n) is 1.44. The highest BCUT2D eigenvalue weighted by Crippen LogP contribution is 2.15. The molecule has 0 spiro atoms. The van der Waals surface area contributed by atoms with Gasteiger partial charge >= 0.3 is 12.0 Å². The van der Waals surface area contributed by atoms with Gasteiger partial charge in [-0.05, 0) is 13.8 Å². The van der Waals surface area contributed by atoms with E-state index in [1.165, 1.54) is 6.92 Å². The lowest BCUT2D eigenvalue weighted by Gasteiger charge is -2.12.